The van der Waals surface area contributed by atoms with E-state index < -0.39 is 28.4 Å². The van der Waals surface area contributed by atoms with Crippen LogP contribution in [0.5, 0.6) is 0 Å². The number of oxazole rings is 1. The number of carbonyl (C=O) groups is 1. The van der Waals surface area contributed by atoms with Gasteiger partial charge in [-0.15, -0.1) is 11.3 Å². The van der Waals surface area contributed by atoms with Crippen LogP contribution in [0.4, 0.5) is 0 Å². The maximum atomic E-state index is 14.0. The number of aliphatic hydroxyl groups excluding tert-OH is 1. The monoisotopic (exact) mass is 541 g/mol. The van der Waals surface area contributed by atoms with Crippen molar-refractivity contribution in [1.82, 2.24) is 14.1 Å². The molecule has 3 aromatic heterocycles. The summed E-state index contributed by atoms with van der Waals surface area (Å²) in [5, 5.41) is 19.7. The van der Waals surface area contributed by atoms with Crippen LogP contribution in [0.2, 0.25) is 0 Å². The van der Waals surface area contributed by atoms with Crippen molar-refractivity contribution in [2.24, 2.45) is 0 Å². The van der Waals surface area contributed by atoms with Crippen LogP contribution >= 0.6 is 11.3 Å². The van der Waals surface area contributed by atoms with E-state index in [4.69, 9.17) is 9.15 Å². The lowest BCUT2D eigenvalue weighted by Crippen LogP contribution is -2.53. The molecule has 10 nitrogen and oxygen atoms in total. The zero-order chi connectivity index (χ0) is 27.8. The first-order chi connectivity index (χ1) is 18.0. The quantitative estimate of drug-likeness (QED) is 0.311. The van der Waals surface area contributed by atoms with Crippen molar-refractivity contribution in [3.8, 4) is 10.8 Å². The van der Waals surface area contributed by atoms with Gasteiger partial charge in [0.2, 0.25) is 5.89 Å². The second-order valence-corrected chi connectivity index (χ2v) is 10.8. The van der Waals surface area contributed by atoms with Gasteiger partial charge in [-0.05, 0) is 50.8 Å². The van der Waals surface area contributed by atoms with E-state index in [0.29, 0.717) is 27.6 Å². The van der Waals surface area contributed by atoms with Gasteiger partial charge >= 0.3 is 11.7 Å². The zero-order valence-corrected chi connectivity index (χ0v) is 22.8. The van der Waals surface area contributed by atoms with Crippen LogP contribution in [0.1, 0.15) is 44.4 Å². The third-order valence-electron chi connectivity index (χ3n) is 6.86. The van der Waals surface area contributed by atoms with E-state index in [-0.39, 0.29) is 25.1 Å². The first kappa shape index (κ1) is 27.5. The highest BCUT2D eigenvalue weighted by molar-refractivity contribution is 7.22. The lowest BCUT2D eigenvalue weighted by Gasteiger charge is -2.33. The fourth-order valence-corrected chi connectivity index (χ4v) is 5.97. The number of ether oxygens (including phenoxy) is 1. The molecule has 11 heteroatoms. The van der Waals surface area contributed by atoms with Crippen LogP contribution < -0.4 is 11.2 Å². The lowest BCUT2D eigenvalue weighted by molar-refractivity contribution is -0.146. The second-order valence-electron chi connectivity index (χ2n) is 9.76. The number of aliphatic hydroxyl groups is 1. The summed E-state index contributed by atoms with van der Waals surface area (Å²) in [7, 11) is 0. The summed E-state index contributed by atoms with van der Waals surface area (Å²) < 4.78 is 13.9. The minimum absolute atomic E-state index is 0.0116. The average Bonchev–Trinajstić information content (AvgIpc) is 3.53. The highest BCUT2D eigenvalue weighted by Gasteiger charge is 2.38. The van der Waals surface area contributed by atoms with Gasteiger partial charge in [-0.25, -0.2) is 19.1 Å². The zero-order valence-electron chi connectivity index (χ0n) is 22.0. The van der Waals surface area contributed by atoms with Crippen molar-refractivity contribution in [3.05, 3.63) is 74.3 Å². The number of carboxylic acid groups (broad SMARTS) is 1. The summed E-state index contributed by atoms with van der Waals surface area (Å²) in [6, 6.07) is 7.67. The van der Waals surface area contributed by atoms with Crippen molar-refractivity contribution in [2.75, 3.05) is 13.2 Å². The molecule has 0 radical (unpaired) electrons. The minimum atomic E-state index is -1.83. The summed E-state index contributed by atoms with van der Waals surface area (Å²) >= 11 is 1.17. The van der Waals surface area contributed by atoms with E-state index in [0.717, 1.165) is 15.7 Å². The predicted octanol–water partition coefficient (Wildman–Crippen LogP) is 3.49. The first-order valence-electron chi connectivity index (χ1n) is 12.2. The Morgan fingerprint density at radius 1 is 1.21 bits per heavy atom. The maximum absolute atomic E-state index is 14.0. The SMILES string of the molecule is CCc1ccccc1[C@](C)(Cn1c(=O)n(C(C)(C)C(=O)O)c(=O)c2c(C)c(-c3ncco3)sc21)OCCO. The topological polar surface area (TPSA) is 137 Å². The number of aliphatic carboxylic acids is 1. The smallest absolute Gasteiger partial charge is 0.333 e. The van der Waals surface area contributed by atoms with Gasteiger partial charge in [0.05, 0.1) is 36.2 Å². The molecule has 4 aromatic rings. The first-order valence-corrected chi connectivity index (χ1v) is 13.1. The number of aryl methyl sites for hydroxylation is 2. The van der Waals surface area contributed by atoms with Gasteiger partial charge in [-0.2, -0.15) is 0 Å². The Morgan fingerprint density at radius 3 is 2.53 bits per heavy atom. The van der Waals surface area contributed by atoms with Crippen LogP contribution in [-0.4, -0.2) is 43.5 Å². The molecular formula is C27H31N3O7S. The van der Waals surface area contributed by atoms with Crippen LogP contribution in [0.3, 0.4) is 0 Å². The van der Waals surface area contributed by atoms with Gasteiger partial charge in [0, 0.05) is 0 Å². The maximum Gasteiger partial charge on any atom is 0.333 e. The van der Waals surface area contributed by atoms with E-state index in [1.807, 2.05) is 38.1 Å². The van der Waals surface area contributed by atoms with Crippen molar-refractivity contribution < 1.29 is 24.2 Å². The Hall–Kier alpha value is -3.54. The number of carboxylic acids is 1. The van der Waals surface area contributed by atoms with Gasteiger partial charge < -0.3 is 19.4 Å². The number of nitrogens with zero attached hydrogens (tertiary/aromatic N) is 3. The molecule has 0 saturated carbocycles. The van der Waals surface area contributed by atoms with Crippen LogP contribution in [0.15, 0.2) is 50.7 Å². The molecule has 0 amide bonds. The van der Waals surface area contributed by atoms with Gasteiger partial charge in [0.1, 0.15) is 22.2 Å². The molecule has 4 rings (SSSR count). The Bertz CT molecular complexity index is 1600. The molecule has 38 heavy (non-hydrogen) atoms. The van der Waals surface area contributed by atoms with E-state index in [9.17, 15) is 24.6 Å². The predicted molar refractivity (Wildman–Crippen MR) is 144 cm³/mol. The molecule has 1 aromatic carbocycles. The standard InChI is InChI=1S/C27H31N3O7S/c1-6-17-9-7-8-10-18(17)27(5,37-14-12-31)15-29-23-19(16(2)20(38-23)21-28-11-13-36-21)22(32)30(25(29)35)26(3,4)24(33)34/h7-11,13,31H,6,12,14-15H2,1-5H3,(H,33,34)/t27-/m0/s1. The molecule has 0 spiro atoms. The van der Waals surface area contributed by atoms with Gasteiger partial charge in [0.15, 0.2) is 0 Å². The molecule has 1 atom stereocenters. The van der Waals surface area contributed by atoms with Crippen LogP contribution in [-0.2, 0) is 33.6 Å². The van der Waals surface area contributed by atoms with Gasteiger partial charge in [-0.3, -0.25) is 9.36 Å². The molecule has 202 valence electrons. The summed E-state index contributed by atoms with van der Waals surface area (Å²) in [6.45, 7) is 7.93. The normalized spacial score (nSPS) is 13.6. The molecule has 0 aliphatic rings. The van der Waals surface area contributed by atoms with Gasteiger partial charge in [-0.1, -0.05) is 31.2 Å². The average molecular weight is 542 g/mol. The van der Waals surface area contributed by atoms with Crippen molar-refractivity contribution in [2.45, 2.75) is 58.7 Å². The number of hydrogen-bond acceptors (Lipinski definition) is 8. The fourth-order valence-electron chi connectivity index (χ4n) is 4.74. The van der Waals surface area contributed by atoms with Crippen molar-refractivity contribution in [3.63, 3.8) is 0 Å². The second kappa shape index (κ2) is 10.3. The number of thiophene rings is 1. The van der Waals surface area contributed by atoms with Crippen molar-refractivity contribution >= 4 is 27.5 Å². The third-order valence-corrected chi connectivity index (χ3v) is 8.16. The van der Waals surface area contributed by atoms with Crippen LogP contribution in [0.25, 0.3) is 21.0 Å². The summed E-state index contributed by atoms with van der Waals surface area (Å²) in [5.41, 5.74) is -2.04. The summed E-state index contributed by atoms with van der Waals surface area (Å²) in [4.78, 5) is 45.1. The molecule has 0 unspecified atom stereocenters. The number of benzene rings is 1. The van der Waals surface area contributed by atoms with E-state index in [1.54, 1.807) is 6.92 Å². The highest BCUT2D eigenvalue weighted by atomic mass is 32.1. The number of fused-ring (bicyclic) bond motifs is 1. The number of rotatable bonds is 10. The number of hydrogen-bond donors (Lipinski definition) is 2. The molecule has 0 saturated heterocycles. The molecule has 2 N–H and O–H groups in total. The Balaban J connectivity index is 2.09. The molecular weight excluding hydrogens is 510 g/mol. The third kappa shape index (κ3) is 4.50. The highest BCUT2D eigenvalue weighted by Crippen LogP contribution is 2.38. The largest absolute Gasteiger partial charge is 0.480 e. The summed E-state index contributed by atoms with van der Waals surface area (Å²) in [5.74, 6) is -1.03. The van der Waals surface area contributed by atoms with E-state index >= 15 is 0 Å². The molecule has 0 bridgehead atoms. The summed E-state index contributed by atoms with van der Waals surface area (Å²) in [6.07, 6.45) is 3.61. The van der Waals surface area contributed by atoms with E-state index in [2.05, 4.69) is 4.98 Å². The van der Waals surface area contributed by atoms with Crippen LogP contribution in [0, 0.1) is 6.92 Å². The number of aromatic nitrogens is 3. The molecule has 0 fully saturated rings. The Morgan fingerprint density at radius 2 is 1.92 bits per heavy atom. The van der Waals surface area contributed by atoms with Crippen molar-refractivity contribution in [1.29, 1.82) is 0 Å². The Kier molecular flexibility index (Phi) is 7.46. The fraction of sp³-hybridized carbons (Fsp3) is 0.407. The molecule has 3 heterocycles. The van der Waals surface area contributed by atoms with E-state index in [1.165, 1.54) is 42.2 Å². The lowest BCUT2D eigenvalue weighted by atomic mass is 9.89. The minimum Gasteiger partial charge on any atom is -0.480 e. The molecule has 0 aliphatic heterocycles. The molecule has 0 aliphatic carbocycles. The Labute approximate surface area is 222 Å². The van der Waals surface area contributed by atoms with Gasteiger partial charge in [0.25, 0.3) is 5.56 Å².